The first-order valence-electron chi connectivity index (χ1n) is 11.1. The summed E-state index contributed by atoms with van der Waals surface area (Å²) in [6.45, 7) is 4.75. The van der Waals surface area contributed by atoms with Gasteiger partial charge in [0.15, 0.2) is 0 Å². The smallest absolute Gasteiger partial charge is 0.308 e. The summed E-state index contributed by atoms with van der Waals surface area (Å²) in [4.78, 5) is 12.0. The molecule has 0 radical (unpaired) electrons. The summed E-state index contributed by atoms with van der Waals surface area (Å²) in [5.41, 5.74) is 1.56. The van der Waals surface area contributed by atoms with Gasteiger partial charge in [0.05, 0.1) is 18.1 Å². The molecule has 0 heterocycles. The lowest BCUT2D eigenvalue weighted by atomic mass is 9.75. The minimum absolute atomic E-state index is 0.0520. The molecular formula is C24H38O3. The number of aryl methyl sites for hydroxylation is 1. The molecule has 1 aliphatic carbocycles. The Morgan fingerprint density at radius 1 is 1.00 bits per heavy atom. The molecule has 1 N–H and O–H groups in total. The Labute approximate surface area is 165 Å². The van der Waals surface area contributed by atoms with Crippen LogP contribution in [-0.2, 0) is 21.6 Å². The van der Waals surface area contributed by atoms with E-state index >= 15 is 0 Å². The van der Waals surface area contributed by atoms with E-state index in [0.29, 0.717) is 32.3 Å². The Morgan fingerprint density at radius 2 is 1.63 bits per heavy atom. The summed E-state index contributed by atoms with van der Waals surface area (Å²) in [6.07, 6.45) is 12.6. The van der Waals surface area contributed by atoms with Crippen LogP contribution in [0.1, 0.15) is 95.6 Å². The molecule has 0 atom stereocenters. The van der Waals surface area contributed by atoms with Crippen LogP contribution in [0.3, 0.4) is 0 Å². The zero-order valence-electron chi connectivity index (χ0n) is 17.3. The predicted octanol–water partition coefficient (Wildman–Crippen LogP) is 5.92. The molecule has 3 nitrogen and oxygen atoms in total. The Hall–Kier alpha value is -1.35. The maximum absolute atomic E-state index is 12.0. The molecule has 1 aliphatic rings. The molecule has 2 rings (SSSR count). The molecule has 1 fully saturated rings. The van der Waals surface area contributed by atoms with Crippen LogP contribution in [0.2, 0.25) is 0 Å². The van der Waals surface area contributed by atoms with E-state index in [1.165, 1.54) is 44.1 Å². The third kappa shape index (κ3) is 6.95. The highest BCUT2D eigenvalue weighted by Crippen LogP contribution is 2.40. The zero-order valence-corrected chi connectivity index (χ0v) is 17.3. The summed E-state index contributed by atoms with van der Waals surface area (Å²) in [6, 6.07) is 8.51. The predicted molar refractivity (Wildman–Crippen MR) is 111 cm³/mol. The maximum atomic E-state index is 12.0. The molecule has 3 heteroatoms. The number of ether oxygens (including phenoxy) is 1. The van der Waals surface area contributed by atoms with Crippen molar-refractivity contribution in [3.63, 3.8) is 0 Å². The highest BCUT2D eigenvalue weighted by Gasteiger charge is 2.37. The molecular weight excluding hydrogens is 336 g/mol. The summed E-state index contributed by atoms with van der Waals surface area (Å²) < 4.78 is 5.27. The number of esters is 1. The SMILES string of the molecule is CCCCCCCCc1ccc(C2(O)CCC(C(=O)OCCC)CC2)cc1. The van der Waals surface area contributed by atoms with Gasteiger partial charge in [0.2, 0.25) is 0 Å². The Bertz CT molecular complexity index is 541. The largest absolute Gasteiger partial charge is 0.465 e. The topological polar surface area (TPSA) is 46.5 Å². The van der Waals surface area contributed by atoms with Crippen LogP contribution in [0.4, 0.5) is 0 Å². The number of carbonyl (C=O) groups excluding carboxylic acids is 1. The average Bonchev–Trinajstić information content (AvgIpc) is 2.69. The van der Waals surface area contributed by atoms with E-state index in [9.17, 15) is 9.90 Å². The number of rotatable bonds is 11. The molecule has 0 saturated heterocycles. The van der Waals surface area contributed by atoms with E-state index in [2.05, 4.69) is 31.2 Å². The molecule has 152 valence electrons. The number of unbranched alkanes of at least 4 members (excludes halogenated alkanes) is 5. The quantitative estimate of drug-likeness (QED) is 0.386. The van der Waals surface area contributed by atoms with Crippen molar-refractivity contribution in [1.82, 2.24) is 0 Å². The fourth-order valence-electron chi connectivity index (χ4n) is 4.03. The minimum atomic E-state index is -0.791. The van der Waals surface area contributed by atoms with Crippen molar-refractivity contribution in [2.24, 2.45) is 5.92 Å². The molecule has 0 aliphatic heterocycles. The number of aliphatic hydroxyl groups is 1. The highest BCUT2D eigenvalue weighted by atomic mass is 16.5. The fraction of sp³-hybridized carbons (Fsp3) is 0.708. The third-order valence-corrected chi connectivity index (χ3v) is 5.90. The molecule has 1 aromatic carbocycles. The Morgan fingerprint density at radius 3 is 2.26 bits per heavy atom. The van der Waals surface area contributed by atoms with E-state index in [1.807, 2.05) is 6.92 Å². The lowest BCUT2D eigenvalue weighted by Gasteiger charge is -2.35. The third-order valence-electron chi connectivity index (χ3n) is 5.90. The van der Waals surface area contributed by atoms with Gasteiger partial charge in [-0.15, -0.1) is 0 Å². The van der Waals surface area contributed by atoms with Gasteiger partial charge in [-0.1, -0.05) is 70.2 Å². The van der Waals surface area contributed by atoms with Gasteiger partial charge in [-0.2, -0.15) is 0 Å². The molecule has 1 aromatic rings. The Kier molecular flexibility index (Phi) is 9.33. The van der Waals surface area contributed by atoms with Crippen LogP contribution < -0.4 is 0 Å². The normalized spacial score (nSPS) is 22.6. The van der Waals surface area contributed by atoms with Gasteiger partial charge >= 0.3 is 5.97 Å². The summed E-state index contributed by atoms with van der Waals surface area (Å²) in [5, 5.41) is 11.1. The molecule has 27 heavy (non-hydrogen) atoms. The molecule has 0 aromatic heterocycles. The van der Waals surface area contributed by atoms with Gasteiger partial charge in [0, 0.05) is 0 Å². The summed E-state index contributed by atoms with van der Waals surface area (Å²) in [5.74, 6) is -0.142. The van der Waals surface area contributed by atoms with E-state index in [1.54, 1.807) is 0 Å². The van der Waals surface area contributed by atoms with Crippen LogP contribution in [0, 0.1) is 5.92 Å². The molecule has 0 unspecified atom stereocenters. The van der Waals surface area contributed by atoms with Crippen LogP contribution in [0.25, 0.3) is 0 Å². The van der Waals surface area contributed by atoms with Crippen molar-refractivity contribution in [2.45, 2.75) is 96.5 Å². The van der Waals surface area contributed by atoms with Gasteiger partial charge in [-0.25, -0.2) is 0 Å². The van der Waals surface area contributed by atoms with E-state index in [4.69, 9.17) is 4.74 Å². The second kappa shape index (κ2) is 11.5. The first kappa shape index (κ1) is 21.9. The number of carbonyl (C=O) groups is 1. The van der Waals surface area contributed by atoms with Crippen LogP contribution in [-0.4, -0.2) is 17.7 Å². The molecule has 0 spiro atoms. The Balaban J connectivity index is 1.78. The number of benzene rings is 1. The van der Waals surface area contributed by atoms with Crippen molar-refractivity contribution in [3.05, 3.63) is 35.4 Å². The second-order valence-corrected chi connectivity index (χ2v) is 8.19. The van der Waals surface area contributed by atoms with Gasteiger partial charge in [-0.3, -0.25) is 4.79 Å². The lowest BCUT2D eigenvalue weighted by Crippen LogP contribution is -2.34. The number of hydrogen-bond acceptors (Lipinski definition) is 3. The van der Waals surface area contributed by atoms with Gasteiger partial charge < -0.3 is 9.84 Å². The standard InChI is InChI=1S/C24H38O3/c1-3-5-6-7-8-9-10-20-11-13-22(14-12-20)24(26)17-15-21(16-18-24)23(25)27-19-4-2/h11-14,21,26H,3-10,15-19H2,1-2H3. The first-order chi connectivity index (χ1) is 13.1. The summed E-state index contributed by atoms with van der Waals surface area (Å²) in [7, 11) is 0. The minimum Gasteiger partial charge on any atom is -0.465 e. The van der Waals surface area contributed by atoms with Crippen LogP contribution in [0.15, 0.2) is 24.3 Å². The fourth-order valence-corrected chi connectivity index (χ4v) is 4.03. The van der Waals surface area contributed by atoms with Crippen molar-refractivity contribution in [2.75, 3.05) is 6.61 Å². The average molecular weight is 375 g/mol. The van der Waals surface area contributed by atoms with E-state index in [-0.39, 0.29) is 11.9 Å². The first-order valence-corrected chi connectivity index (χ1v) is 11.1. The molecule has 0 bridgehead atoms. The molecule has 1 saturated carbocycles. The second-order valence-electron chi connectivity index (χ2n) is 8.19. The zero-order chi connectivity index (χ0) is 19.5. The van der Waals surface area contributed by atoms with E-state index in [0.717, 1.165) is 18.4 Å². The van der Waals surface area contributed by atoms with Crippen molar-refractivity contribution in [1.29, 1.82) is 0 Å². The van der Waals surface area contributed by atoms with Gasteiger partial charge in [-0.05, 0) is 56.1 Å². The van der Waals surface area contributed by atoms with Crippen molar-refractivity contribution in [3.8, 4) is 0 Å². The van der Waals surface area contributed by atoms with Gasteiger partial charge in [0.25, 0.3) is 0 Å². The van der Waals surface area contributed by atoms with Gasteiger partial charge in [0.1, 0.15) is 0 Å². The lowest BCUT2D eigenvalue weighted by molar-refractivity contribution is -0.151. The maximum Gasteiger partial charge on any atom is 0.308 e. The van der Waals surface area contributed by atoms with E-state index < -0.39 is 5.60 Å². The monoisotopic (exact) mass is 374 g/mol. The summed E-state index contributed by atoms with van der Waals surface area (Å²) >= 11 is 0. The van der Waals surface area contributed by atoms with Crippen molar-refractivity contribution >= 4 is 5.97 Å². The number of hydrogen-bond donors (Lipinski definition) is 1. The highest BCUT2D eigenvalue weighted by molar-refractivity contribution is 5.72. The van der Waals surface area contributed by atoms with Crippen molar-refractivity contribution < 1.29 is 14.6 Å². The van der Waals surface area contributed by atoms with Crippen LogP contribution >= 0.6 is 0 Å². The van der Waals surface area contributed by atoms with Crippen LogP contribution in [0.5, 0.6) is 0 Å². The molecule has 0 amide bonds.